The molecule has 0 bridgehead atoms. The highest BCUT2D eigenvalue weighted by Crippen LogP contribution is 2.28. The van der Waals surface area contributed by atoms with Gasteiger partial charge in [-0.05, 0) is 28.8 Å². The number of rotatable bonds is 6. The van der Waals surface area contributed by atoms with Crippen LogP contribution in [0.4, 0.5) is 5.13 Å². The highest BCUT2D eigenvalue weighted by molar-refractivity contribution is 7.16. The number of carbonyl (C=O) groups excluding carboxylic acids is 2. The van der Waals surface area contributed by atoms with Crippen molar-refractivity contribution in [1.82, 2.24) is 10.3 Å². The van der Waals surface area contributed by atoms with Gasteiger partial charge in [-0.2, -0.15) is 0 Å². The number of aromatic nitrogens is 1. The van der Waals surface area contributed by atoms with E-state index in [4.69, 9.17) is 0 Å². The van der Waals surface area contributed by atoms with Crippen LogP contribution in [-0.2, 0) is 4.79 Å². The Bertz CT molecular complexity index is 839. The molecule has 2 amide bonds. The Morgan fingerprint density at radius 3 is 2.48 bits per heavy atom. The molecule has 2 N–H and O–H groups in total. The van der Waals surface area contributed by atoms with Gasteiger partial charge in [-0.15, -0.1) is 34.0 Å². The minimum atomic E-state index is -0.622. The summed E-state index contributed by atoms with van der Waals surface area (Å²) in [4.78, 5) is 30.9. The molecule has 3 heterocycles. The van der Waals surface area contributed by atoms with Crippen LogP contribution in [0.15, 0.2) is 40.4 Å². The molecule has 0 aromatic carbocycles. The largest absolute Gasteiger partial charge is 0.339 e. The number of thiazole rings is 1. The van der Waals surface area contributed by atoms with E-state index >= 15 is 0 Å². The lowest BCUT2D eigenvalue weighted by atomic mass is 10.0. The third-order valence-corrected chi connectivity index (χ3v) is 6.01. The second-order valence-electron chi connectivity index (χ2n) is 5.68. The number of amides is 2. The first-order valence-electron chi connectivity index (χ1n) is 7.69. The maximum Gasteiger partial charge on any atom is 0.262 e. The quantitative estimate of drug-likeness (QED) is 0.657. The van der Waals surface area contributed by atoms with Crippen molar-refractivity contribution < 1.29 is 9.59 Å². The fourth-order valence-corrected chi connectivity index (χ4v) is 4.31. The van der Waals surface area contributed by atoms with Crippen LogP contribution in [0.2, 0.25) is 0 Å². The van der Waals surface area contributed by atoms with E-state index in [0.717, 1.165) is 10.6 Å². The fraction of sp³-hybridized carbons (Fsp3) is 0.235. The summed E-state index contributed by atoms with van der Waals surface area (Å²) < 4.78 is 0. The Kier molecular flexibility index (Phi) is 5.62. The fourth-order valence-electron chi connectivity index (χ4n) is 2.21. The SMILES string of the molecule is CC(C)C(NC(=O)c1cccs1)C(=O)Nc1nc(-c2cccs2)cs1. The Hall–Kier alpha value is -2.03. The molecule has 3 aromatic rings. The number of hydrogen-bond donors (Lipinski definition) is 2. The lowest BCUT2D eigenvalue weighted by molar-refractivity contribution is -0.118. The monoisotopic (exact) mass is 391 g/mol. The smallest absolute Gasteiger partial charge is 0.262 e. The normalized spacial score (nSPS) is 12.1. The van der Waals surface area contributed by atoms with Gasteiger partial charge in [0.25, 0.3) is 5.91 Å². The number of nitrogens with zero attached hydrogens (tertiary/aromatic N) is 1. The molecule has 0 aliphatic heterocycles. The first-order chi connectivity index (χ1) is 12.0. The van der Waals surface area contributed by atoms with Gasteiger partial charge in [-0.3, -0.25) is 9.59 Å². The maximum atomic E-state index is 12.6. The number of anilines is 1. The van der Waals surface area contributed by atoms with Gasteiger partial charge >= 0.3 is 0 Å². The minimum Gasteiger partial charge on any atom is -0.339 e. The summed E-state index contributed by atoms with van der Waals surface area (Å²) in [5.74, 6) is -0.533. The zero-order valence-corrected chi connectivity index (χ0v) is 16.1. The van der Waals surface area contributed by atoms with E-state index in [1.54, 1.807) is 17.4 Å². The number of thiophene rings is 2. The van der Waals surface area contributed by atoms with E-state index in [0.29, 0.717) is 10.0 Å². The second kappa shape index (κ2) is 7.90. The third-order valence-electron chi connectivity index (χ3n) is 3.49. The number of carbonyl (C=O) groups is 2. The van der Waals surface area contributed by atoms with Gasteiger partial charge in [-0.25, -0.2) is 4.98 Å². The van der Waals surface area contributed by atoms with Crippen molar-refractivity contribution in [3.63, 3.8) is 0 Å². The summed E-state index contributed by atoms with van der Waals surface area (Å²) in [6.45, 7) is 3.80. The first kappa shape index (κ1) is 17.8. The van der Waals surface area contributed by atoms with E-state index in [2.05, 4.69) is 15.6 Å². The van der Waals surface area contributed by atoms with Crippen molar-refractivity contribution >= 4 is 51.0 Å². The average Bonchev–Trinajstić information content (AvgIpc) is 3.32. The average molecular weight is 392 g/mol. The number of hydrogen-bond acceptors (Lipinski definition) is 6. The molecule has 0 aliphatic carbocycles. The van der Waals surface area contributed by atoms with Crippen LogP contribution < -0.4 is 10.6 Å². The van der Waals surface area contributed by atoms with E-state index in [9.17, 15) is 9.59 Å². The maximum absolute atomic E-state index is 12.6. The molecule has 8 heteroatoms. The van der Waals surface area contributed by atoms with Crippen molar-refractivity contribution in [1.29, 1.82) is 0 Å². The van der Waals surface area contributed by atoms with Crippen molar-refractivity contribution in [2.24, 2.45) is 5.92 Å². The molecule has 5 nitrogen and oxygen atoms in total. The molecular weight excluding hydrogens is 374 g/mol. The van der Waals surface area contributed by atoms with Gasteiger partial charge in [0.2, 0.25) is 5.91 Å². The summed E-state index contributed by atoms with van der Waals surface area (Å²) in [6, 6.07) is 6.88. The Balaban J connectivity index is 1.68. The highest BCUT2D eigenvalue weighted by Gasteiger charge is 2.25. The summed E-state index contributed by atoms with van der Waals surface area (Å²) in [5, 5.41) is 11.9. The molecule has 0 saturated heterocycles. The molecule has 1 unspecified atom stereocenters. The van der Waals surface area contributed by atoms with Crippen LogP contribution in [0, 0.1) is 5.92 Å². The van der Waals surface area contributed by atoms with Crippen LogP contribution in [0.1, 0.15) is 23.5 Å². The first-order valence-corrected chi connectivity index (χ1v) is 10.3. The van der Waals surface area contributed by atoms with E-state index in [1.807, 2.05) is 48.2 Å². The van der Waals surface area contributed by atoms with Crippen LogP contribution in [0.5, 0.6) is 0 Å². The predicted octanol–water partition coefficient (Wildman–Crippen LogP) is 4.33. The zero-order chi connectivity index (χ0) is 17.8. The zero-order valence-electron chi connectivity index (χ0n) is 13.7. The topological polar surface area (TPSA) is 71.1 Å². The van der Waals surface area contributed by atoms with Gasteiger partial charge < -0.3 is 10.6 Å². The summed E-state index contributed by atoms with van der Waals surface area (Å²) >= 11 is 4.33. The van der Waals surface area contributed by atoms with Gasteiger partial charge in [0.1, 0.15) is 6.04 Å². The summed E-state index contributed by atoms with van der Waals surface area (Å²) in [7, 11) is 0. The van der Waals surface area contributed by atoms with E-state index < -0.39 is 6.04 Å². The van der Waals surface area contributed by atoms with Gasteiger partial charge in [-0.1, -0.05) is 26.0 Å². The molecule has 0 aliphatic rings. The Labute approximate surface area is 157 Å². The lowest BCUT2D eigenvalue weighted by Gasteiger charge is -2.20. The molecule has 0 spiro atoms. The van der Waals surface area contributed by atoms with Crippen LogP contribution in [0.25, 0.3) is 10.6 Å². The summed E-state index contributed by atoms with van der Waals surface area (Å²) in [6.07, 6.45) is 0. The Morgan fingerprint density at radius 1 is 1.08 bits per heavy atom. The van der Waals surface area contributed by atoms with Gasteiger partial charge in [0.15, 0.2) is 5.13 Å². The molecule has 1 atom stereocenters. The molecular formula is C17H17N3O2S3. The predicted molar refractivity (Wildman–Crippen MR) is 104 cm³/mol. The lowest BCUT2D eigenvalue weighted by Crippen LogP contribution is -2.46. The van der Waals surface area contributed by atoms with Crippen molar-refractivity contribution in [3.8, 4) is 10.6 Å². The Morgan fingerprint density at radius 2 is 1.84 bits per heavy atom. The van der Waals surface area contributed by atoms with E-state index in [1.165, 1.54) is 22.7 Å². The summed E-state index contributed by atoms with van der Waals surface area (Å²) in [5.41, 5.74) is 0.846. The molecule has 0 saturated carbocycles. The van der Waals surface area contributed by atoms with Crippen molar-refractivity contribution in [2.45, 2.75) is 19.9 Å². The van der Waals surface area contributed by atoms with Crippen LogP contribution >= 0.6 is 34.0 Å². The van der Waals surface area contributed by atoms with Crippen molar-refractivity contribution in [2.75, 3.05) is 5.32 Å². The molecule has 3 aromatic heterocycles. The van der Waals surface area contributed by atoms with E-state index in [-0.39, 0.29) is 17.7 Å². The van der Waals surface area contributed by atoms with Gasteiger partial charge in [0, 0.05) is 5.38 Å². The van der Waals surface area contributed by atoms with Crippen LogP contribution in [0.3, 0.4) is 0 Å². The molecule has 25 heavy (non-hydrogen) atoms. The standard InChI is InChI=1S/C17H17N3O2S3/c1-10(2)14(19-15(21)13-6-4-8-24-13)16(22)20-17-18-11(9-25-17)12-5-3-7-23-12/h3-10,14H,1-2H3,(H,19,21)(H,18,20,22). The van der Waals surface area contributed by atoms with Crippen molar-refractivity contribution in [3.05, 3.63) is 45.3 Å². The van der Waals surface area contributed by atoms with Gasteiger partial charge in [0.05, 0.1) is 15.4 Å². The molecule has 130 valence electrons. The van der Waals surface area contributed by atoms with Crippen LogP contribution in [-0.4, -0.2) is 22.8 Å². The highest BCUT2D eigenvalue weighted by atomic mass is 32.1. The number of nitrogens with one attached hydrogen (secondary N) is 2. The molecule has 0 radical (unpaired) electrons. The third kappa shape index (κ3) is 4.33. The molecule has 3 rings (SSSR count). The minimum absolute atomic E-state index is 0.0411. The second-order valence-corrected chi connectivity index (χ2v) is 8.43. The molecule has 0 fully saturated rings.